The van der Waals surface area contributed by atoms with Crippen LogP contribution in [0.1, 0.15) is 239 Å². The van der Waals surface area contributed by atoms with Crippen LogP contribution in [0.4, 0.5) is 0 Å². The van der Waals surface area contributed by atoms with Crippen LogP contribution in [0, 0.1) is 0 Å². The second-order valence-electron chi connectivity index (χ2n) is 17.9. The number of rotatable bonds is 45. The van der Waals surface area contributed by atoms with Crippen LogP contribution >= 0.6 is 7.82 Å². The fraction of sp³-hybridized carbons (Fsp3) is 0.957. The third kappa shape index (κ3) is 44.4. The van der Waals surface area contributed by atoms with Crippen LogP contribution in [0.3, 0.4) is 0 Å². The maximum atomic E-state index is 12.7. The van der Waals surface area contributed by atoms with E-state index in [-0.39, 0.29) is 25.6 Å². The molecule has 10 heteroatoms. The van der Waals surface area contributed by atoms with Crippen LogP contribution in [0.2, 0.25) is 0 Å². The van der Waals surface area contributed by atoms with Gasteiger partial charge in [-0.25, -0.2) is 4.57 Å². The van der Waals surface area contributed by atoms with Gasteiger partial charge in [0.15, 0.2) is 6.10 Å². The molecule has 0 aliphatic carbocycles. The van der Waals surface area contributed by atoms with E-state index in [2.05, 4.69) is 13.8 Å². The number of carbonyl (C=O) groups is 2. The Hall–Kier alpha value is -0.990. The highest BCUT2D eigenvalue weighted by molar-refractivity contribution is 7.47. The van der Waals surface area contributed by atoms with Crippen molar-refractivity contribution in [2.45, 2.75) is 245 Å². The summed E-state index contributed by atoms with van der Waals surface area (Å²) in [6, 6.07) is 0. The molecule has 0 aliphatic heterocycles. The summed E-state index contributed by atoms with van der Waals surface area (Å²) in [4.78, 5) is 35.4. The summed E-state index contributed by atoms with van der Waals surface area (Å²) < 4.78 is 34.4. The van der Waals surface area contributed by atoms with Crippen molar-refractivity contribution in [1.29, 1.82) is 0 Å². The van der Waals surface area contributed by atoms with E-state index in [1.54, 1.807) is 0 Å². The second kappa shape index (κ2) is 40.4. The van der Waals surface area contributed by atoms with Crippen LogP contribution in [0.5, 0.6) is 0 Å². The van der Waals surface area contributed by atoms with E-state index in [0.29, 0.717) is 17.4 Å². The summed E-state index contributed by atoms with van der Waals surface area (Å²) in [6.07, 6.45) is 41.6. The Kier molecular flexibility index (Phi) is 39.7. The van der Waals surface area contributed by atoms with E-state index in [9.17, 15) is 19.0 Å². The van der Waals surface area contributed by atoms with Gasteiger partial charge in [0.2, 0.25) is 0 Å². The molecule has 0 spiro atoms. The molecule has 1 N–H and O–H groups in total. The van der Waals surface area contributed by atoms with Crippen LogP contribution < -0.4 is 0 Å². The molecule has 0 heterocycles. The molecular formula is C47H95NO8P+. The zero-order valence-electron chi connectivity index (χ0n) is 38.4. The predicted molar refractivity (Wildman–Crippen MR) is 238 cm³/mol. The average molecular weight is 833 g/mol. The first-order chi connectivity index (χ1) is 27.5. The Balaban J connectivity index is 4.16. The third-order valence-corrected chi connectivity index (χ3v) is 11.9. The number of likely N-dealkylation sites (N-methyl/N-ethyl adjacent to an activating group) is 1. The zero-order valence-corrected chi connectivity index (χ0v) is 39.2. The highest BCUT2D eigenvalue weighted by Crippen LogP contribution is 2.43. The number of esters is 2. The number of quaternary nitrogens is 1. The highest BCUT2D eigenvalue weighted by atomic mass is 31.2. The number of phosphoric acid groups is 1. The van der Waals surface area contributed by atoms with Gasteiger partial charge in [0.25, 0.3) is 0 Å². The fourth-order valence-electron chi connectivity index (χ4n) is 7.08. The van der Waals surface area contributed by atoms with Gasteiger partial charge in [0.05, 0.1) is 27.7 Å². The maximum Gasteiger partial charge on any atom is 0.472 e. The molecule has 0 saturated heterocycles. The predicted octanol–water partition coefficient (Wildman–Crippen LogP) is 14.0. The monoisotopic (exact) mass is 833 g/mol. The Morgan fingerprint density at radius 1 is 0.474 bits per heavy atom. The van der Waals surface area contributed by atoms with Gasteiger partial charge in [-0.1, -0.05) is 213 Å². The van der Waals surface area contributed by atoms with E-state index in [0.717, 1.165) is 38.5 Å². The molecule has 0 aromatic carbocycles. The molecule has 2 atom stereocenters. The van der Waals surface area contributed by atoms with Crippen LogP contribution in [-0.4, -0.2) is 74.9 Å². The van der Waals surface area contributed by atoms with Crippen molar-refractivity contribution >= 4 is 19.8 Å². The summed E-state index contributed by atoms with van der Waals surface area (Å²) in [7, 11) is 1.49. The van der Waals surface area contributed by atoms with Gasteiger partial charge in [-0.3, -0.25) is 18.6 Å². The topological polar surface area (TPSA) is 108 Å². The van der Waals surface area contributed by atoms with Crippen molar-refractivity contribution in [3.8, 4) is 0 Å². The van der Waals surface area contributed by atoms with Crippen LogP contribution in [0.15, 0.2) is 0 Å². The van der Waals surface area contributed by atoms with Crippen molar-refractivity contribution < 1.29 is 42.1 Å². The average Bonchev–Trinajstić information content (AvgIpc) is 3.16. The summed E-state index contributed by atoms with van der Waals surface area (Å²) in [6.45, 7) is 4.46. The first-order valence-electron chi connectivity index (χ1n) is 24.3. The Labute approximate surface area is 353 Å². The summed E-state index contributed by atoms with van der Waals surface area (Å²) in [5.41, 5.74) is 0. The lowest BCUT2D eigenvalue weighted by Gasteiger charge is -2.24. The molecule has 0 aromatic heterocycles. The highest BCUT2D eigenvalue weighted by Gasteiger charge is 2.27. The number of unbranched alkanes of at least 4 members (excludes halogenated alkanes) is 31. The number of ether oxygens (including phenoxy) is 2. The molecule has 0 aromatic rings. The minimum Gasteiger partial charge on any atom is -0.462 e. The van der Waals surface area contributed by atoms with Crippen LogP contribution in [-0.2, 0) is 32.7 Å². The number of nitrogens with zero attached hydrogens (tertiary/aromatic N) is 1. The standard InChI is InChI=1S/C47H94NO8P/c1-6-8-10-12-14-16-18-19-20-21-22-23-24-25-26-27-28-30-32-34-36-38-40-47(50)56-45(44-55-57(51,52)54-42-41-48(3,4)5)43-53-46(49)39-37-35-33-31-29-17-15-13-11-9-7-2/h45H,6-44H2,1-5H3/p+1/t45-/m1/s1. The van der Waals surface area contributed by atoms with E-state index in [1.807, 2.05) is 21.1 Å². The Morgan fingerprint density at radius 2 is 0.789 bits per heavy atom. The van der Waals surface area contributed by atoms with Gasteiger partial charge in [0, 0.05) is 12.8 Å². The molecule has 0 rings (SSSR count). The lowest BCUT2D eigenvalue weighted by atomic mass is 10.0. The first-order valence-corrected chi connectivity index (χ1v) is 25.8. The quantitative estimate of drug-likeness (QED) is 0.0280. The number of phosphoric ester groups is 1. The van der Waals surface area contributed by atoms with Gasteiger partial charge in [-0.2, -0.15) is 0 Å². The second-order valence-corrected chi connectivity index (χ2v) is 19.3. The van der Waals surface area contributed by atoms with Gasteiger partial charge in [-0.05, 0) is 12.8 Å². The number of hydrogen-bond acceptors (Lipinski definition) is 7. The summed E-state index contributed by atoms with van der Waals surface area (Å²) >= 11 is 0. The number of carbonyl (C=O) groups excluding carboxylic acids is 2. The number of hydrogen-bond donors (Lipinski definition) is 1. The molecule has 1 unspecified atom stereocenters. The van der Waals surface area contributed by atoms with Crippen molar-refractivity contribution in [3.63, 3.8) is 0 Å². The smallest absolute Gasteiger partial charge is 0.462 e. The maximum absolute atomic E-state index is 12.7. The van der Waals surface area contributed by atoms with Gasteiger partial charge in [-0.15, -0.1) is 0 Å². The Bertz CT molecular complexity index is 943. The van der Waals surface area contributed by atoms with Gasteiger partial charge >= 0.3 is 19.8 Å². The van der Waals surface area contributed by atoms with Crippen molar-refractivity contribution in [2.24, 2.45) is 0 Å². The largest absolute Gasteiger partial charge is 0.472 e. The lowest BCUT2D eigenvalue weighted by molar-refractivity contribution is -0.870. The molecule has 57 heavy (non-hydrogen) atoms. The normalized spacial score (nSPS) is 13.4. The Morgan fingerprint density at radius 3 is 1.12 bits per heavy atom. The van der Waals surface area contributed by atoms with Gasteiger partial charge in [0.1, 0.15) is 19.8 Å². The van der Waals surface area contributed by atoms with Crippen molar-refractivity contribution in [3.05, 3.63) is 0 Å². The molecule has 0 bridgehead atoms. The lowest BCUT2D eigenvalue weighted by Crippen LogP contribution is -2.37. The molecule has 340 valence electrons. The van der Waals surface area contributed by atoms with E-state index in [1.165, 1.54) is 173 Å². The van der Waals surface area contributed by atoms with E-state index in [4.69, 9.17) is 18.5 Å². The fourth-order valence-corrected chi connectivity index (χ4v) is 7.82. The van der Waals surface area contributed by atoms with Crippen molar-refractivity contribution in [1.82, 2.24) is 0 Å². The molecule has 9 nitrogen and oxygen atoms in total. The molecule has 0 amide bonds. The minimum atomic E-state index is -4.37. The summed E-state index contributed by atoms with van der Waals surface area (Å²) in [5, 5.41) is 0. The zero-order chi connectivity index (χ0) is 42.1. The van der Waals surface area contributed by atoms with E-state index >= 15 is 0 Å². The molecule has 0 aliphatic rings. The van der Waals surface area contributed by atoms with Crippen LogP contribution in [0.25, 0.3) is 0 Å². The molecule has 0 radical (unpaired) electrons. The molecular weight excluding hydrogens is 737 g/mol. The third-order valence-electron chi connectivity index (χ3n) is 10.9. The minimum absolute atomic E-state index is 0.0369. The first kappa shape index (κ1) is 56.0. The molecule has 0 fully saturated rings. The van der Waals surface area contributed by atoms with Crippen molar-refractivity contribution in [2.75, 3.05) is 47.5 Å². The molecule has 0 saturated carbocycles. The van der Waals surface area contributed by atoms with E-state index < -0.39 is 26.5 Å². The SMILES string of the molecule is CCCCCCCCCCCCCCCCCCCCCCCCC(=O)O[C@H](COC(=O)CCCCCCCCCCCCC)COP(=O)(O)OCC[N+](C)(C)C. The summed E-state index contributed by atoms with van der Waals surface area (Å²) in [5.74, 6) is -0.783. The van der Waals surface area contributed by atoms with Gasteiger partial charge < -0.3 is 18.9 Å².